The molecule has 0 radical (unpaired) electrons. The van der Waals surface area contributed by atoms with Crippen molar-refractivity contribution in [3.05, 3.63) is 29.3 Å². The van der Waals surface area contributed by atoms with Gasteiger partial charge in [-0.1, -0.05) is 12.2 Å². The van der Waals surface area contributed by atoms with Gasteiger partial charge in [0.2, 0.25) is 0 Å². The van der Waals surface area contributed by atoms with Crippen LogP contribution in [0.4, 0.5) is 5.69 Å². The highest BCUT2D eigenvalue weighted by molar-refractivity contribution is 7.98. The minimum atomic E-state index is 0.468. The monoisotopic (exact) mass is 254 g/mol. The lowest BCUT2D eigenvalue weighted by atomic mass is 10.1. The first-order valence-corrected chi connectivity index (χ1v) is 6.97. The number of thiocarbonyl (C=S) groups is 1. The highest BCUT2D eigenvalue weighted by Gasteiger charge is 2.05. The molecule has 0 spiro atoms. The second-order valence-corrected chi connectivity index (χ2v) is 5.20. The summed E-state index contributed by atoms with van der Waals surface area (Å²) in [6.07, 6.45) is 2.12. The number of hydrogen-bond acceptors (Lipinski definition) is 3. The number of hydrogen-bond donors (Lipinski definition) is 1. The zero-order chi connectivity index (χ0) is 12.1. The number of benzene rings is 1. The molecular formula is C12H18N2S2. The highest BCUT2D eigenvalue weighted by atomic mass is 32.2. The third-order valence-electron chi connectivity index (χ3n) is 2.55. The summed E-state index contributed by atoms with van der Waals surface area (Å²) >= 11 is 6.84. The van der Waals surface area contributed by atoms with E-state index in [1.165, 1.54) is 5.69 Å². The normalized spacial score (nSPS) is 10.2. The minimum absolute atomic E-state index is 0.468. The second kappa shape index (κ2) is 6.11. The standard InChI is InChI=1S/C12H18N2S2/c1-9-8-10(14(2)6-7-16-3)4-5-11(9)12(13)15/h4-5,8H,6-7H2,1-3H3,(H2,13,15). The molecule has 1 rings (SSSR count). The third kappa shape index (κ3) is 3.39. The number of rotatable bonds is 5. The lowest BCUT2D eigenvalue weighted by Crippen LogP contribution is -2.20. The van der Waals surface area contributed by atoms with Crippen molar-refractivity contribution in [1.29, 1.82) is 0 Å². The van der Waals surface area contributed by atoms with Crippen molar-refractivity contribution >= 4 is 34.7 Å². The van der Waals surface area contributed by atoms with Crippen LogP contribution < -0.4 is 10.6 Å². The molecular weight excluding hydrogens is 236 g/mol. The van der Waals surface area contributed by atoms with Crippen molar-refractivity contribution in [3.8, 4) is 0 Å². The largest absolute Gasteiger partial charge is 0.389 e. The number of aryl methyl sites for hydroxylation is 1. The average molecular weight is 254 g/mol. The molecule has 2 nitrogen and oxygen atoms in total. The summed E-state index contributed by atoms with van der Waals surface area (Å²) < 4.78 is 0. The molecule has 1 aromatic carbocycles. The Kier molecular flexibility index (Phi) is 5.09. The molecule has 0 aliphatic rings. The molecule has 0 saturated heterocycles. The maximum Gasteiger partial charge on any atom is 0.104 e. The number of anilines is 1. The van der Waals surface area contributed by atoms with Gasteiger partial charge in [0, 0.05) is 30.6 Å². The quantitative estimate of drug-likeness (QED) is 0.817. The predicted octanol–water partition coefficient (Wildman–Crippen LogP) is 2.43. The Morgan fingerprint density at radius 2 is 2.19 bits per heavy atom. The van der Waals surface area contributed by atoms with Crippen LogP contribution in [0.5, 0.6) is 0 Å². The van der Waals surface area contributed by atoms with E-state index in [4.69, 9.17) is 18.0 Å². The van der Waals surface area contributed by atoms with Crippen LogP contribution in [0.2, 0.25) is 0 Å². The first-order chi connectivity index (χ1) is 7.56. The maximum absolute atomic E-state index is 5.64. The summed E-state index contributed by atoms with van der Waals surface area (Å²) in [4.78, 5) is 2.71. The molecule has 1 aromatic rings. The summed E-state index contributed by atoms with van der Waals surface area (Å²) in [5.74, 6) is 1.13. The van der Waals surface area contributed by atoms with E-state index in [2.05, 4.69) is 30.3 Å². The van der Waals surface area contributed by atoms with Crippen LogP contribution in [-0.2, 0) is 0 Å². The third-order valence-corrected chi connectivity index (χ3v) is 3.36. The summed E-state index contributed by atoms with van der Waals surface area (Å²) in [5.41, 5.74) is 8.96. The smallest absolute Gasteiger partial charge is 0.104 e. The van der Waals surface area contributed by atoms with Gasteiger partial charge in [-0.2, -0.15) is 11.8 Å². The van der Waals surface area contributed by atoms with E-state index in [0.29, 0.717) is 4.99 Å². The second-order valence-electron chi connectivity index (χ2n) is 3.78. The molecule has 0 aliphatic heterocycles. The molecule has 16 heavy (non-hydrogen) atoms. The Hall–Kier alpha value is -0.740. The molecule has 0 amide bonds. The number of nitrogens with zero attached hydrogens (tertiary/aromatic N) is 1. The van der Waals surface area contributed by atoms with Crippen LogP contribution in [0.3, 0.4) is 0 Å². The maximum atomic E-state index is 5.64. The summed E-state index contributed by atoms with van der Waals surface area (Å²) in [6, 6.07) is 6.21. The highest BCUT2D eigenvalue weighted by Crippen LogP contribution is 2.18. The van der Waals surface area contributed by atoms with Crippen LogP contribution in [0.1, 0.15) is 11.1 Å². The molecule has 0 bridgehead atoms. The van der Waals surface area contributed by atoms with E-state index in [-0.39, 0.29) is 0 Å². The van der Waals surface area contributed by atoms with Crippen molar-refractivity contribution in [1.82, 2.24) is 0 Å². The van der Waals surface area contributed by atoms with E-state index >= 15 is 0 Å². The Bertz CT molecular complexity index is 377. The predicted molar refractivity (Wildman–Crippen MR) is 78.7 cm³/mol. The molecule has 0 fully saturated rings. The van der Waals surface area contributed by atoms with Crippen molar-refractivity contribution in [2.24, 2.45) is 5.73 Å². The van der Waals surface area contributed by atoms with Gasteiger partial charge in [0.1, 0.15) is 4.99 Å². The van der Waals surface area contributed by atoms with Gasteiger partial charge in [-0.15, -0.1) is 0 Å². The Morgan fingerprint density at radius 1 is 1.50 bits per heavy atom. The molecule has 0 unspecified atom stereocenters. The van der Waals surface area contributed by atoms with Gasteiger partial charge in [0.25, 0.3) is 0 Å². The summed E-state index contributed by atoms with van der Waals surface area (Å²) in [5, 5.41) is 0. The topological polar surface area (TPSA) is 29.3 Å². The summed E-state index contributed by atoms with van der Waals surface area (Å²) in [7, 11) is 2.10. The van der Waals surface area contributed by atoms with Gasteiger partial charge in [-0.3, -0.25) is 0 Å². The molecule has 0 atom stereocenters. The number of nitrogens with two attached hydrogens (primary N) is 1. The van der Waals surface area contributed by atoms with Crippen molar-refractivity contribution < 1.29 is 0 Å². The fourth-order valence-corrected chi connectivity index (χ4v) is 2.20. The van der Waals surface area contributed by atoms with E-state index in [0.717, 1.165) is 23.4 Å². The van der Waals surface area contributed by atoms with E-state index in [1.54, 1.807) is 0 Å². The van der Waals surface area contributed by atoms with Crippen LogP contribution in [0.15, 0.2) is 18.2 Å². The summed E-state index contributed by atoms with van der Waals surface area (Å²) in [6.45, 7) is 3.09. The zero-order valence-corrected chi connectivity index (χ0v) is 11.6. The van der Waals surface area contributed by atoms with Crippen molar-refractivity contribution in [2.45, 2.75) is 6.92 Å². The molecule has 0 aromatic heterocycles. The molecule has 2 N–H and O–H groups in total. The molecule has 0 saturated carbocycles. The van der Waals surface area contributed by atoms with Crippen LogP contribution >= 0.6 is 24.0 Å². The van der Waals surface area contributed by atoms with Crippen LogP contribution in [-0.4, -0.2) is 30.6 Å². The Morgan fingerprint density at radius 3 is 2.69 bits per heavy atom. The molecule has 0 aliphatic carbocycles. The first-order valence-electron chi connectivity index (χ1n) is 5.16. The minimum Gasteiger partial charge on any atom is -0.389 e. The van der Waals surface area contributed by atoms with Crippen LogP contribution in [0, 0.1) is 6.92 Å². The molecule has 4 heteroatoms. The van der Waals surface area contributed by atoms with E-state index in [1.807, 2.05) is 24.8 Å². The average Bonchev–Trinajstić information content (AvgIpc) is 2.25. The van der Waals surface area contributed by atoms with Gasteiger partial charge < -0.3 is 10.6 Å². The number of thioether (sulfide) groups is 1. The Balaban J connectivity index is 2.84. The lowest BCUT2D eigenvalue weighted by molar-refractivity contribution is 0.976. The van der Waals surface area contributed by atoms with Gasteiger partial charge >= 0.3 is 0 Å². The van der Waals surface area contributed by atoms with Crippen molar-refractivity contribution in [2.75, 3.05) is 30.5 Å². The molecule has 88 valence electrons. The van der Waals surface area contributed by atoms with Gasteiger partial charge in [-0.05, 0) is 36.9 Å². The van der Waals surface area contributed by atoms with Crippen LogP contribution in [0.25, 0.3) is 0 Å². The fourth-order valence-electron chi connectivity index (χ4n) is 1.52. The SMILES string of the molecule is CSCCN(C)c1ccc(C(N)=S)c(C)c1. The zero-order valence-electron chi connectivity index (χ0n) is 9.99. The van der Waals surface area contributed by atoms with Gasteiger partial charge in [0.05, 0.1) is 0 Å². The van der Waals surface area contributed by atoms with Crippen molar-refractivity contribution in [3.63, 3.8) is 0 Å². The lowest BCUT2D eigenvalue weighted by Gasteiger charge is -2.20. The van der Waals surface area contributed by atoms with E-state index in [9.17, 15) is 0 Å². The van der Waals surface area contributed by atoms with E-state index < -0.39 is 0 Å². The molecule has 0 heterocycles. The van der Waals surface area contributed by atoms with Gasteiger partial charge in [0.15, 0.2) is 0 Å². The van der Waals surface area contributed by atoms with Gasteiger partial charge in [-0.25, -0.2) is 0 Å². The Labute approximate surface area is 107 Å². The fraction of sp³-hybridized carbons (Fsp3) is 0.417. The first kappa shape index (κ1) is 13.3.